The van der Waals surface area contributed by atoms with Gasteiger partial charge in [0.2, 0.25) is 0 Å². The van der Waals surface area contributed by atoms with Crippen molar-refractivity contribution in [1.82, 2.24) is 0 Å². The molecule has 0 saturated carbocycles. The molecule has 2 rings (SSSR count). The van der Waals surface area contributed by atoms with Crippen molar-refractivity contribution in [3.63, 3.8) is 0 Å². The van der Waals surface area contributed by atoms with E-state index in [-0.39, 0.29) is 5.82 Å². The topological polar surface area (TPSA) is 9.23 Å². The Balaban J connectivity index is 2.46. The molecule has 0 aliphatic heterocycles. The molecule has 2 aromatic rings. The Kier molecular flexibility index (Phi) is 4.66. The molecule has 0 spiro atoms. The molecular formula is C17H18ClFO. The lowest BCUT2D eigenvalue weighted by atomic mass is 10.00. The van der Waals surface area contributed by atoms with Crippen LogP contribution in [0.25, 0.3) is 0 Å². The normalized spacial score (nSPS) is 12.2. The van der Waals surface area contributed by atoms with Crippen LogP contribution in [-0.2, 0) is 0 Å². The largest absolute Gasteiger partial charge is 0.494 e. The Hall–Kier alpha value is -1.54. The molecule has 0 N–H and O–H groups in total. The summed E-state index contributed by atoms with van der Waals surface area (Å²) >= 11 is 6.54. The molecule has 0 heterocycles. The molecule has 0 bridgehead atoms. The highest BCUT2D eigenvalue weighted by Gasteiger charge is 2.17. The summed E-state index contributed by atoms with van der Waals surface area (Å²) in [6.45, 7) is 6.36. The second kappa shape index (κ2) is 6.27. The van der Waals surface area contributed by atoms with Crippen molar-refractivity contribution in [1.29, 1.82) is 0 Å². The van der Waals surface area contributed by atoms with Crippen molar-refractivity contribution in [3.05, 3.63) is 64.5 Å². The number of hydrogen-bond acceptors (Lipinski definition) is 1. The van der Waals surface area contributed by atoms with Gasteiger partial charge in [0.25, 0.3) is 0 Å². The fourth-order valence-electron chi connectivity index (χ4n) is 2.24. The number of rotatable bonds is 4. The van der Waals surface area contributed by atoms with Gasteiger partial charge in [0.15, 0.2) is 0 Å². The van der Waals surface area contributed by atoms with E-state index in [1.165, 1.54) is 12.1 Å². The molecule has 0 aliphatic rings. The van der Waals surface area contributed by atoms with Crippen LogP contribution in [0, 0.1) is 19.7 Å². The van der Waals surface area contributed by atoms with E-state index >= 15 is 0 Å². The lowest BCUT2D eigenvalue weighted by molar-refractivity contribution is 0.336. The molecule has 0 amide bonds. The first-order valence-electron chi connectivity index (χ1n) is 6.65. The number of hydrogen-bond donors (Lipinski definition) is 0. The average molecular weight is 293 g/mol. The molecule has 106 valence electrons. The van der Waals surface area contributed by atoms with E-state index in [9.17, 15) is 4.39 Å². The van der Waals surface area contributed by atoms with E-state index in [1.807, 2.05) is 45.0 Å². The van der Waals surface area contributed by atoms with E-state index in [1.54, 1.807) is 0 Å². The number of aryl methyl sites for hydroxylation is 2. The van der Waals surface area contributed by atoms with Crippen LogP contribution in [0.4, 0.5) is 4.39 Å². The minimum Gasteiger partial charge on any atom is -0.494 e. The maximum Gasteiger partial charge on any atom is 0.124 e. The van der Waals surface area contributed by atoms with E-state index in [4.69, 9.17) is 16.3 Å². The summed E-state index contributed by atoms with van der Waals surface area (Å²) < 4.78 is 19.2. The zero-order chi connectivity index (χ0) is 14.7. The fraction of sp³-hybridized carbons (Fsp3) is 0.294. The molecular weight excluding hydrogens is 275 g/mol. The van der Waals surface area contributed by atoms with Crippen LogP contribution in [0.3, 0.4) is 0 Å². The van der Waals surface area contributed by atoms with Crippen LogP contribution in [0.1, 0.15) is 34.6 Å². The minimum absolute atomic E-state index is 0.267. The van der Waals surface area contributed by atoms with Gasteiger partial charge in [0, 0.05) is 5.56 Å². The molecule has 3 heteroatoms. The summed E-state index contributed by atoms with van der Waals surface area (Å²) in [5.74, 6) is 0.483. The number of alkyl halides is 1. The Morgan fingerprint density at radius 1 is 1.10 bits per heavy atom. The minimum atomic E-state index is -0.425. The summed E-state index contributed by atoms with van der Waals surface area (Å²) in [6.07, 6.45) is 0. The van der Waals surface area contributed by atoms with Gasteiger partial charge in [-0.05, 0) is 50.1 Å². The van der Waals surface area contributed by atoms with Gasteiger partial charge < -0.3 is 4.74 Å². The monoisotopic (exact) mass is 292 g/mol. The second-order valence-corrected chi connectivity index (χ2v) is 5.34. The average Bonchev–Trinajstić information content (AvgIpc) is 2.39. The smallest absolute Gasteiger partial charge is 0.124 e. The summed E-state index contributed by atoms with van der Waals surface area (Å²) in [4.78, 5) is 0. The van der Waals surface area contributed by atoms with Gasteiger partial charge in [-0.15, -0.1) is 11.6 Å². The van der Waals surface area contributed by atoms with Crippen LogP contribution >= 0.6 is 11.6 Å². The summed E-state index contributed by atoms with van der Waals surface area (Å²) in [5.41, 5.74) is 3.58. The third kappa shape index (κ3) is 3.31. The van der Waals surface area contributed by atoms with Crippen molar-refractivity contribution in [2.45, 2.75) is 26.1 Å². The molecule has 2 aromatic carbocycles. The number of ether oxygens (including phenoxy) is 1. The van der Waals surface area contributed by atoms with Crippen molar-refractivity contribution in [2.24, 2.45) is 0 Å². The highest BCUT2D eigenvalue weighted by Crippen LogP contribution is 2.36. The van der Waals surface area contributed by atoms with E-state index in [0.29, 0.717) is 6.61 Å². The van der Waals surface area contributed by atoms with Crippen molar-refractivity contribution in [2.75, 3.05) is 6.61 Å². The zero-order valence-electron chi connectivity index (χ0n) is 11.9. The predicted octanol–water partition coefficient (Wildman–Crippen LogP) is 5.17. The summed E-state index contributed by atoms with van der Waals surface area (Å²) in [5, 5.41) is -0.425. The number of halogens is 2. The van der Waals surface area contributed by atoms with Crippen LogP contribution in [0.5, 0.6) is 5.75 Å². The first-order valence-corrected chi connectivity index (χ1v) is 7.09. The molecule has 0 radical (unpaired) electrons. The second-order valence-electron chi connectivity index (χ2n) is 4.90. The first-order chi connectivity index (χ1) is 9.51. The molecule has 0 aromatic heterocycles. The summed E-state index contributed by atoms with van der Waals surface area (Å²) in [6, 6.07) is 10.8. The lowest BCUT2D eigenvalue weighted by Crippen LogP contribution is -2.01. The van der Waals surface area contributed by atoms with Gasteiger partial charge in [-0.2, -0.15) is 0 Å². The predicted molar refractivity (Wildman–Crippen MR) is 81.2 cm³/mol. The first kappa shape index (κ1) is 14.9. The third-order valence-corrected chi connectivity index (χ3v) is 3.58. The van der Waals surface area contributed by atoms with Gasteiger partial charge in [0.1, 0.15) is 11.6 Å². The third-order valence-electron chi connectivity index (χ3n) is 3.10. The van der Waals surface area contributed by atoms with Gasteiger partial charge in [-0.1, -0.05) is 23.8 Å². The lowest BCUT2D eigenvalue weighted by Gasteiger charge is -2.16. The van der Waals surface area contributed by atoms with Gasteiger partial charge >= 0.3 is 0 Å². The summed E-state index contributed by atoms with van der Waals surface area (Å²) in [7, 11) is 0. The zero-order valence-corrected chi connectivity index (χ0v) is 12.7. The highest BCUT2D eigenvalue weighted by atomic mass is 35.5. The van der Waals surface area contributed by atoms with Crippen LogP contribution in [-0.4, -0.2) is 6.61 Å². The van der Waals surface area contributed by atoms with Crippen molar-refractivity contribution in [3.8, 4) is 5.75 Å². The van der Waals surface area contributed by atoms with Gasteiger partial charge in [0.05, 0.1) is 12.0 Å². The Bertz CT molecular complexity index is 590. The maximum absolute atomic E-state index is 13.5. The van der Waals surface area contributed by atoms with Crippen LogP contribution < -0.4 is 4.74 Å². The molecule has 1 unspecified atom stereocenters. The van der Waals surface area contributed by atoms with E-state index in [0.717, 1.165) is 28.0 Å². The van der Waals surface area contributed by atoms with Gasteiger partial charge in [-0.3, -0.25) is 0 Å². The molecule has 1 nitrogen and oxygen atoms in total. The Morgan fingerprint density at radius 2 is 1.85 bits per heavy atom. The number of benzene rings is 2. The molecule has 20 heavy (non-hydrogen) atoms. The van der Waals surface area contributed by atoms with Crippen LogP contribution in [0.15, 0.2) is 36.4 Å². The quantitative estimate of drug-likeness (QED) is 0.706. The molecule has 1 atom stereocenters. The van der Waals surface area contributed by atoms with Crippen molar-refractivity contribution < 1.29 is 9.13 Å². The maximum atomic E-state index is 13.5. The van der Waals surface area contributed by atoms with Crippen LogP contribution in [0.2, 0.25) is 0 Å². The Labute approximate surface area is 124 Å². The van der Waals surface area contributed by atoms with Crippen molar-refractivity contribution >= 4 is 11.6 Å². The van der Waals surface area contributed by atoms with Gasteiger partial charge in [-0.25, -0.2) is 4.39 Å². The molecule has 0 aliphatic carbocycles. The molecule has 0 saturated heterocycles. The fourth-order valence-corrected chi connectivity index (χ4v) is 2.54. The molecule has 0 fully saturated rings. The SMILES string of the molecule is CCOc1ccc(C)cc1C(Cl)c1cc(C)cc(F)c1. The standard InChI is InChI=1S/C17H18ClFO/c1-4-20-16-6-5-11(2)9-15(16)17(18)13-7-12(3)8-14(19)10-13/h5-10,17H,4H2,1-3H3. The van der Waals surface area contributed by atoms with E-state index < -0.39 is 5.38 Å². The highest BCUT2D eigenvalue weighted by molar-refractivity contribution is 6.22. The van der Waals surface area contributed by atoms with E-state index in [2.05, 4.69) is 0 Å². The Morgan fingerprint density at radius 3 is 2.50 bits per heavy atom.